The second-order valence-corrected chi connectivity index (χ2v) is 4.08. The molecule has 6 nitrogen and oxygen atoms in total. The lowest BCUT2D eigenvalue weighted by molar-refractivity contribution is 0.356. The van der Waals surface area contributed by atoms with E-state index in [9.17, 15) is 0 Å². The predicted octanol–water partition coefficient (Wildman–Crippen LogP) is 1.46. The Morgan fingerprint density at radius 1 is 1.44 bits per heavy atom. The van der Waals surface area contributed by atoms with Crippen molar-refractivity contribution in [3.05, 3.63) is 24.5 Å². The van der Waals surface area contributed by atoms with Gasteiger partial charge in [0, 0.05) is 18.7 Å². The predicted molar refractivity (Wildman–Crippen MR) is 66.8 cm³/mol. The molecule has 0 amide bonds. The molecule has 0 fully saturated rings. The molecule has 1 atom stereocenters. The summed E-state index contributed by atoms with van der Waals surface area (Å²) in [5.41, 5.74) is 0.677. The first-order valence-electron chi connectivity index (χ1n) is 6.09. The van der Waals surface area contributed by atoms with Crippen LogP contribution in [0.25, 0.3) is 11.5 Å². The normalized spacial score (nSPS) is 12.6. The van der Waals surface area contributed by atoms with E-state index in [4.69, 9.17) is 4.52 Å². The van der Waals surface area contributed by atoms with Crippen molar-refractivity contribution in [2.24, 2.45) is 0 Å². The van der Waals surface area contributed by atoms with Crippen molar-refractivity contribution in [3.8, 4) is 11.5 Å². The standard InChI is InChI=1S/C12H17N5O/c1-3-4-9(13-2)7-11-16-12(17-18-11)10-5-6-14-8-15-10/h5-6,8-9,13H,3-4,7H2,1-2H3. The van der Waals surface area contributed by atoms with Crippen LogP contribution >= 0.6 is 0 Å². The Morgan fingerprint density at radius 2 is 2.33 bits per heavy atom. The van der Waals surface area contributed by atoms with Gasteiger partial charge in [-0.15, -0.1) is 0 Å². The van der Waals surface area contributed by atoms with Crippen molar-refractivity contribution in [1.29, 1.82) is 0 Å². The lowest BCUT2D eigenvalue weighted by Gasteiger charge is -2.11. The maximum atomic E-state index is 5.24. The van der Waals surface area contributed by atoms with E-state index in [0.717, 1.165) is 19.3 Å². The monoisotopic (exact) mass is 247 g/mol. The molecule has 0 aliphatic carbocycles. The fourth-order valence-corrected chi connectivity index (χ4v) is 1.77. The fraction of sp³-hybridized carbons (Fsp3) is 0.500. The summed E-state index contributed by atoms with van der Waals surface area (Å²) in [6.07, 6.45) is 6.08. The quantitative estimate of drug-likeness (QED) is 0.832. The molecule has 0 aromatic carbocycles. The fourth-order valence-electron chi connectivity index (χ4n) is 1.77. The zero-order valence-electron chi connectivity index (χ0n) is 10.6. The third-order valence-corrected chi connectivity index (χ3v) is 2.75. The van der Waals surface area contributed by atoms with Crippen LogP contribution in [0.1, 0.15) is 25.7 Å². The maximum absolute atomic E-state index is 5.24. The van der Waals surface area contributed by atoms with Gasteiger partial charge in [0.2, 0.25) is 11.7 Å². The lowest BCUT2D eigenvalue weighted by Crippen LogP contribution is -2.27. The first-order chi connectivity index (χ1) is 8.83. The Morgan fingerprint density at radius 3 is 3.00 bits per heavy atom. The van der Waals surface area contributed by atoms with E-state index >= 15 is 0 Å². The van der Waals surface area contributed by atoms with E-state index in [1.165, 1.54) is 6.33 Å². The van der Waals surface area contributed by atoms with E-state index in [1.807, 2.05) is 7.05 Å². The molecule has 2 aromatic heterocycles. The summed E-state index contributed by atoms with van der Waals surface area (Å²) in [6, 6.07) is 2.13. The number of hydrogen-bond acceptors (Lipinski definition) is 6. The van der Waals surface area contributed by atoms with Gasteiger partial charge in [-0.2, -0.15) is 4.98 Å². The average molecular weight is 247 g/mol. The summed E-state index contributed by atoms with van der Waals surface area (Å²) in [5.74, 6) is 1.15. The van der Waals surface area contributed by atoms with Crippen LogP contribution in [0.5, 0.6) is 0 Å². The minimum Gasteiger partial charge on any atom is -0.339 e. The van der Waals surface area contributed by atoms with Crippen LogP contribution in [0.2, 0.25) is 0 Å². The Balaban J connectivity index is 2.06. The van der Waals surface area contributed by atoms with Crippen molar-refractivity contribution in [1.82, 2.24) is 25.4 Å². The Labute approximate surface area is 106 Å². The van der Waals surface area contributed by atoms with Crippen LogP contribution in [0, 0.1) is 0 Å². The number of rotatable bonds is 6. The molecule has 1 N–H and O–H groups in total. The van der Waals surface area contributed by atoms with Crippen LogP contribution in [0.4, 0.5) is 0 Å². The van der Waals surface area contributed by atoms with Gasteiger partial charge in [0.25, 0.3) is 0 Å². The Kier molecular flexibility index (Phi) is 4.35. The Hall–Kier alpha value is -1.82. The highest BCUT2D eigenvalue weighted by molar-refractivity contribution is 5.46. The molecular weight excluding hydrogens is 230 g/mol. The molecule has 0 bridgehead atoms. The van der Waals surface area contributed by atoms with Gasteiger partial charge in [-0.1, -0.05) is 18.5 Å². The molecule has 18 heavy (non-hydrogen) atoms. The van der Waals surface area contributed by atoms with Crippen molar-refractivity contribution in [3.63, 3.8) is 0 Å². The van der Waals surface area contributed by atoms with Gasteiger partial charge in [-0.3, -0.25) is 0 Å². The molecule has 0 aliphatic heterocycles. The van der Waals surface area contributed by atoms with Gasteiger partial charge in [-0.25, -0.2) is 9.97 Å². The molecule has 0 radical (unpaired) electrons. The Bertz CT molecular complexity index is 470. The van der Waals surface area contributed by atoms with E-state index in [2.05, 4.69) is 32.3 Å². The molecule has 0 saturated heterocycles. The van der Waals surface area contributed by atoms with Gasteiger partial charge in [-0.05, 0) is 19.5 Å². The second kappa shape index (κ2) is 6.20. The number of aromatic nitrogens is 4. The first-order valence-corrected chi connectivity index (χ1v) is 6.09. The number of likely N-dealkylation sites (N-methyl/N-ethyl adjacent to an activating group) is 1. The zero-order chi connectivity index (χ0) is 12.8. The van der Waals surface area contributed by atoms with E-state index < -0.39 is 0 Å². The van der Waals surface area contributed by atoms with Crippen LogP contribution in [-0.2, 0) is 6.42 Å². The molecule has 1 unspecified atom stereocenters. The summed E-state index contributed by atoms with van der Waals surface area (Å²) in [4.78, 5) is 12.3. The van der Waals surface area contributed by atoms with Crippen molar-refractivity contribution < 1.29 is 4.52 Å². The van der Waals surface area contributed by atoms with Crippen molar-refractivity contribution >= 4 is 0 Å². The average Bonchev–Trinajstić information content (AvgIpc) is 2.88. The molecule has 96 valence electrons. The highest BCUT2D eigenvalue weighted by atomic mass is 16.5. The number of nitrogens with one attached hydrogen (secondary N) is 1. The summed E-state index contributed by atoms with van der Waals surface area (Å²) in [7, 11) is 1.95. The van der Waals surface area contributed by atoms with Gasteiger partial charge in [0.05, 0.1) is 0 Å². The highest BCUT2D eigenvalue weighted by Gasteiger charge is 2.13. The molecule has 6 heteroatoms. The van der Waals surface area contributed by atoms with Crippen LogP contribution in [-0.4, -0.2) is 33.2 Å². The van der Waals surface area contributed by atoms with Gasteiger partial charge >= 0.3 is 0 Å². The molecule has 0 saturated carbocycles. The van der Waals surface area contributed by atoms with Crippen LogP contribution in [0.15, 0.2) is 23.1 Å². The summed E-state index contributed by atoms with van der Waals surface area (Å²) < 4.78 is 5.24. The second-order valence-electron chi connectivity index (χ2n) is 4.08. The largest absolute Gasteiger partial charge is 0.339 e. The summed E-state index contributed by atoms with van der Waals surface area (Å²) >= 11 is 0. The van der Waals surface area contributed by atoms with Crippen molar-refractivity contribution in [2.45, 2.75) is 32.2 Å². The third-order valence-electron chi connectivity index (χ3n) is 2.75. The van der Waals surface area contributed by atoms with Crippen LogP contribution in [0.3, 0.4) is 0 Å². The molecule has 2 aromatic rings. The minimum absolute atomic E-state index is 0.369. The van der Waals surface area contributed by atoms with E-state index in [0.29, 0.717) is 23.5 Å². The third kappa shape index (κ3) is 3.10. The van der Waals surface area contributed by atoms with Gasteiger partial charge < -0.3 is 9.84 Å². The van der Waals surface area contributed by atoms with Gasteiger partial charge in [0.15, 0.2) is 0 Å². The maximum Gasteiger partial charge on any atom is 0.228 e. The van der Waals surface area contributed by atoms with Gasteiger partial charge in [0.1, 0.15) is 12.0 Å². The molecular formula is C12H17N5O. The summed E-state index contributed by atoms with van der Waals surface area (Å²) in [6.45, 7) is 2.16. The van der Waals surface area contributed by atoms with Crippen molar-refractivity contribution in [2.75, 3.05) is 7.05 Å². The lowest BCUT2D eigenvalue weighted by atomic mass is 10.1. The first kappa shape index (κ1) is 12.6. The van der Waals surface area contributed by atoms with E-state index in [-0.39, 0.29) is 0 Å². The number of hydrogen-bond donors (Lipinski definition) is 1. The molecule has 0 aliphatic rings. The highest BCUT2D eigenvalue weighted by Crippen LogP contribution is 2.13. The number of nitrogens with zero attached hydrogens (tertiary/aromatic N) is 4. The zero-order valence-corrected chi connectivity index (χ0v) is 10.6. The molecule has 2 heterocycles. The SMILES string of the molecule is CCCC(Cc1nc(-c2ccncn2)no1)NC. The van der Waals surface area contributed by atoms with Crippen LogP contribution < -0.4 is 5.32 Å². The topological polar surface area (TPSA) is 76.7 Å². The molecule has 2 rings (SSSR count). The molecule has 0 spiro atoms. The van der Waals surface area contributed by atoms with E-state index in [1.54, 1.807) is 12.3 Å². The smallest absolute Gasteiger partial charge is 0.228 e. The summed E-state index contributed by atoms with van der Waals surface area (Å²) in [5, 5.41) is 7.18. The minimum atomic E-state index is 0.369.